The molecule has 44 heteroatoms. The van der Waals surface area contributed by atoms with Gasteiger partial charge in [-0.15, -0.1) is 0 Å². The Morgan fingerprint density at radius 1 is 0.291 bits per heavy atom. The summed E-state index contributed by atoms with van der Waals surface area (Å²) < 4.78 is 0. The molecule has 634 valence electrons. The Balaban J connectivity index is 1.21. The lowest BCUT2D eigenvalue weighted by Gasteiger charge is -2.27. The fourth-order valence-electron chi connectivity index (χ4n) is 12.6. The molecule has 0 bridgehead atoms. The molecule has 11 amide bonds. The SMILES string of the molecule is N=C(N)NCCC[C@H](NC(=O)[C@H](CCCNC(=N)N)NC(=O)[C@H](CCCNC(=N)N)NC(=O)[C@H](CCCNC(=N)N)NC(=O)CNC(=O)CNC(=O)[C@H](Cc1c[nH]c2ccccc12)NC(=O)[C@H](CCCNC(=N)N)NC(=O)[C@H](Cc1c[nH]c2ccccc12)NC(=O)[C@H](CCCNC(=N)N)NC(=O)[C@@H](N)Cc1c[nH]c2ccccc12)C(N)=O. The Morgan fingerprint density at radius 3 is 0.872 bits per heavy atom. The van der Waals surface area contributed by atoms with Crippen LogP contribution in [0.4, 0.5) is 0 Å². The molecule has 44 nitrogen and oxygen atoms in total. The largest absolute Gasteiger partial charge is 0.370 e. The second kappa shape index (κ2) is 47.5. The van der Waals surface area contributed by atoms with Crippen LogP contribution < -0.4 is 131 Å². The number of primary amides is 1. The van der Waals surface area contributed by atoms with Gasteiger partial charge in [0.05, 0.1) is 19.1 Å². The third-order valence-corrected chi connectivity index (χ3v) is 18.5. The van der Waals surface area contributed by atoms with E-state index < -0.39 is 144 Å². The highest BCUT2D eigenvalue weighted by Crippen LogP contribution is 2.23. The average Bonchev–Trinajstić information content (AvgIpc) is 1.71. The minimum Gasteiger partial charge on any atom is -0.370 e. The standard InChI is InChI=1S/C73H111N33O11/c74-45(31-39-34-94-46-16-4-1-13-42(39)46)60(110)101-51(21-9-27-90-70(80)81)65(115)106-56(33-41-36-96-48-18-6-3-15-44(41)48)67(117)104-54(24-12-30-93-73(86)87)66(116)105-55(32-40-35-95-47-17-5-2-14-43(40)47)61(111)98-37-57(107)97-38-58(108)99-50(20-8-26-89-69(78)79)62(112)102-53(23-11-29-92-72(84)85)64(114)103-52(22-10-28-91-71(82)83)63(113)100-49(59(75)109)19-7-25-88-68(76)77/h1-6,13-18,34-36,45,49-56,94-96H,7-12,19-33,37-38,74H2,(H2,75,109)(H,97,107)(H,98,111)(H,99,108)(H,100,113)(H,101,110)(H,102,112)(H,103,114)(H,104,117)(H,105,116)(H,106,115)(H4,76,77,88)(H4,78,79,89)(H4,80,81,90)(H4,82,83,91)(H4,84,85,92)(H4,86,87,93)/t45-,49-,50-,51-,52-,53-,54-,55-,56-/m0/s1. The number of aromatic amines is 3. The van der Waals surface area contributed by atoms with Gasteiger partial charge in [-0.05, 0) is 118 Å². The van der Waals surface area contributed by atoms with E-state index in [-0.39, 0.29) is 159 Å². The van der Waals surface area contributed by atoms with E-state index in [4.69, 9.17) is 78.3 Å². The molecule has 0 aliphatic carbocycles. The minimum absolute atomic E-state index is 0.00660. The molecule has 6 rings (SSSR count). The molecule has 0 aliphatic rings. The number of benzene rings is 3. The van der Waals surface area contributed by atoms with Crippen LogP contribution in [0, 0.1) is 32.5 Å². The van der Waals surface area contributed by atoms with Crippen molar-refractivity contribution >= 4 is 133 Å². The van der Waals surface area contributed by atoms with Gasteiger partial charge in [0.15, 0.2) is 35.8 Å². The summed E-state index contributed by atoms with van der Waals surface area (Å²) in [7, 11) is 0. The normalized spacial score (nSPS) is 13.3. The summed E-state index contributed by atoms with van der Waals surface area (Å²) in [4.78, 5) is 166. The second-order valence-corrected chi connectivity index (χ2v) is 27.6. The topological polar surface area (TPSA) is 779 Å². The molecular formula is C73H111N33O11. The van der Waals surface area contributed by atoms with Crippen LogP contribution >= 0.6 is 0 Å². The van der Waals surface area contributed by atoms with Gasteiger partial charge < -0.3 is 146 Å². The van der Waals surface area contributed by atoms with E-state index in [1.807, 2.05) is 30.3 Å². The van der Waals surface area contributed by atoms with Crippen LogP contribution in [0.15, 0.2) is 91.4 Å². The highest BCUT2D eigenvalue weighted by Gasteiger charge is 2.35. The van der Waals surface area contributed by atoms with E-state index in [1.165, 1.54) is 0 Å². The van der Waals surface area contributed by atoms with Gasteiger partial charge in [0.1, 0.15) is 48.3 Å². The summed E-state index contributed by atoms with van der Waals surface area (Å²) in [5.41, 5.74) is 49.2. The first-order valence-corrected chi connectivity index (χ1v) is 38.0. The summed E-state index contributed by atoms with van der Waals surface area (Å²) in [6, 6.07) is 9.25. The van der Waals surface area contributed by atoms with Crippen molar-refractivity contribution in [3.63, 3.8) is 0 Å². The second-order valence-electron chi connectivity index (χ2n) is 27.6. The van der Waals surface area contributed by atoms with Crippen LogP contribution in [0.1, 0.15) is 93.7 Å². The molecule has 0 saturated heterocycles. The molecule has 0 radical (unpaired) electrons. The van der Waals surface area contributed by atoms with Crippen LogP contribution in [0.5, 0.6) is 0 Å². The lowest BCUT2D eigenvalue weighted by Crippen LogP contribution is -2.59. The molecule has 0 aliphatic heterocycles. The lowest BCUT2D eigenvalue weighted by molar-refractivity contribution is -0.135. The number of nitrogens with one attached hydrogen (secondary N) is 25. The van der Waals surface area contributed by atoms with Crippen molar-refractivity contribution in [3.05, 3.63) is 108 Å². The minimum atomic E-state index is -1.51. The maximum absolute atomic E-state index is 15.2. The molecule has 117 heavy (non-hydrogen) atoms. The van der Waals surface area contributed by atoms with Gasteiger partial charge >= 0.3 is 0 Å². The maximum atomic E-state index is 15.2. The van der Waals surface area contributed by atoms with Crippen molar-refractivity contribution < 1.29 is 52.7 Å². The monoisotopic (exact) mass is 1630 g/mol. The van der Waals surface area contributed by atoms with Crippen molar-refractivity contribution in [1.82, 2.24) is 100 Å². The smallest absolute Gasteiger partial charge is 0.243 e. The Labute approximate surface area is 673 Å². The van der Waals surface area contributed by atoms with Crippen LogP contribution in [0.3, 0.4) is 0 Å². The Morgan fingerprint density at radius 2 is 0.547 bits per heavy atom. The van der Waals surface area contributed by atoms with E-state index >= 15 is 9.59 Å². The summed E-state index contributed by atoms with van der Waals surface area (Å²) in [6.07, 6.45) is 4.97. The number of amides is 11. The van der Waals surface area contributed by atoms with Gasteiger partial charge in [0.2, 0.25) is 65.0 Å². The quantitative estimate of drug-likeness (QED) is 0.00959. The number of hydrogen-bond donors (Lipinski definition) is 33. The number of carbonyl (C=O) groups is 11. The molecule has 41 N–H and O–H groups in total. The maximum Gasteiger partial charge on any atom is 0.243 e. The number of H-pyrrole nitrogens is 3. The number of carbonyl (C=O) groups excluding carboxylic acids is 11. The van der Waals surface area contributed by atoms with Gasteiger partial charge in [0.25, 0.3) is 0 Å². The molecule has 3 aromatic carbocycles. The third-order valence-electron chi connectivity index (χ3n) is 18.5. The Kier molecular flexibility index (Phi) is 37.3. The van der Waals surface area contributed by atoms with E-state index in [1.54, 1.807) is 61.1 Å². The number of guanidine groups is 6. The number of hydrogen-bond acceptors (Lipinski definition) is 18. The predicted octanol–water partition coefficient (Wildman–Crippen LogP) is -6.34. The van der Waals surface area contributed by atoms with Gasteiger partial charge in [-0.2, -0.15) is 0 Å². The molecule has 0 unspecified atom stereocenters. The highest BCUT2D eigenvalue weighted by atomic mass is 16.2. The molecule has 9 atom stereocenters. The number of para-hydroxylation sites is 3. The van der Waals surface area contributed by atoms with E-state index in [2.05, 4.69) is 100 Å². The fourth-order valence-corrected chi connectivity index (χ4v) is 12.6. The van der Waals surface area contributed by atoms with E-state index in [9.17, 15) is 43.2 Å². The van der Waals surface area contributed by atoms with Crippen LogP contribution in [-0.4, -0.2) is 222 Å². The van der Waals surface area contributed by atoms with Crippen molar-refractivity contribution in [2.24, 2.45) is 45.9 Å². The van der Waals surface area contributed by atoms with Gasteiger partial charge in [-0.3, -0.25) is 85.2 Å². The summed E-state index contributed by atoms with van der Waals surface area (Å²) in [5, 5.41) is 89.9. The van der Waals surface area contributed by atoms with Crippen LogP contribution in [0.2, 0.25) is 0 Å². The van der Waals surface area contributed by atoms with E-state index in [0.29, 0.717) is 32.9 Å². The van der Waals surface area contributed by atoms with Gasteiger partial charge in [0, 0.05) is 103 Å². The van der Waals surface area contributed by atoms with E-state index in [0.717, 1.165) is 16.5 Å². The van der Waals surface area contributed by atoms with Crippen LogP contribution in [0.25, 0.3) is 32.7 Å². The summed E-state index contributed by atoms with van der Waals surface area (Å²) in [5.74, 6) is -11.9. The van der Waals surface area contributed by atoms with Crippen LogP contribution in [-0.2, 0) is 72.0 Å². The summed E-state index contributed by atoms with van der Waals surface area (Å²) in [6.45, 7) is -1.13. The molecule has 0 fully saturated rings. The van der Waals surface area contributed by atoms with Gasteiger partial charge in [-0.1, -0.05) is 54.6 Å². The molecule has 0 saturated carbocycles. The third kappa shape index (κ3) is 32.2. The first-order chi connectivity index (χ1) is 55.8. The number of rotatable bonds is 51. The van der Waals surface area contributed by atoms with Crippen molar-refractivity contribution in [2.45, 2.75) is 151 Å². The highest BCUT2D eigenvalue weighted by molar-refractivity contribution is 6.00. The number of fused-ring (bicyclic) bond motifs is 3. The first kappa shape index (κ1) is 91.9. The fraction of sp³-hybridized carbons (Fsp3) is 0.438. The Bertz CT molecular complexity index is 4460. The number of nitrogens with two attached hydrogens (primary N) is 8. The molecular weight excluding hydrogens is 1520 g/mol. The zero-order valence-electron chi connectivity index (χ0n) is 64.7. The molecule has 0 spiro atoms. The van der Waals surface area contributed by atoms with Crippen molar-refractivity contribution in [3.8, 4) is 0 Å². The Hall–Kier alpha value is -14.0. The molecule has 3 aromatic heterocycles. The zero-order chi connectivity index (χ0) is 85.5. The molecule has 3 heterocycles. The molecule has 6 aromatic rings. The zero-order valence-corrected chi connectivity index (χ0v) is 64.7. The predicted molar refractivity (Wildman–Crippen MR) is 440 cm³/mol. The summed E-state index contributed by atoms with van der Waals surface area (Å²) >= 11 is 0. The number of aromatic nitrogens is 3. The van der Waals surface area contributed by atoms with Crippen molar-refractivity contribution in [2.75, 3.05) is 52.4 Å². The van der Waals surface area contributed by atoms with Crippen molar-refractivity contribution in [1.29, 1.82) is 32.5 Å². The first-order valence-electron chi connectivity index (χ1n) is 38.0. The lowest BCUT2D eigenvalue weighted by atomic mass is 10.0. The average molecular weight is 1630 g/mol. The van der Waals surface area contributed by atoms with Gasteiger partial charge in [-0.25, -0.2) is 0 Å².